The summed E-state index contributed by atoms with van der Waals surface area (Å²) in [6.07, 6.45) is 0. The number of thiazole rings is 1. The number of hydrogen-bond donors (Lipinski definition) is 0. The number of hydrogen-bond acceptors (Lipinski definition) is 5. The minimum absolute atomic E-state index is 0.0561. The normalized spacial score (nSPS) is 10.5. The van der Waals surface area contributed by atoms with Crippen LogP contribution in [0.25, 0.3) is 10.6 Å². The second-order valence-electron chi connectivity index (χ2n) is 5.05. The summed E-state index contributed by atoms with van der Waals surface area (Å²) in [4.78, 5) is 16.1. The van der Waals surface area contributed by atoms with Crippen LogP contribution in [0.1, 0.15) is 5.69 Å². The smallest absolute Gasteiger partial charge is 0.344 e. The minimum atomic E-state index is -0.494. The van der Waals surface area contributed by atoms with Crippen molar-refractivity contribution >= 4 is 28.9 Å². The molecule has 0 radical (unpaired) electrons. The highest BCUT2D eigenvalue weighted by atomic mass is 35.5. The lowest BCUT2D eigenvalue weighted by atomic mass is 10.2. The molecule has 1 heterocycles. The monoisotopic (exact) mass is 377 g/mol. The molecule has 0 aliphatic rings. The highest BCUT2D eigenvalue weighted by Gasteiger charge is 2.09. The minimum Gasteiger partial charge on any atom is -0.482 e. The topological polar surface area (TPSA) is 48.4 Å². The summed E-state index contributed by atoms with van der Waals surface area (Å²) in [5, 5.41) is 3.13. The van der Waals surface area contributed by atoms with Gasteiger partial charge in [-0.15, -0.1) is 11.3 Å². The lowest BCUT2D eigenvalue weighted by Gasteiger charge is -2.06. The van der Waals surface area contributed by atoms with E-state index in [0.717, 1.165) is 10.6 Å². The summed E-state index contributed by atoms with van der Waals surface area (Å²) >= 11 is 7.18. The van der Waals surface area contributed by atoms with Crippen molar-refractivity contribution in [2.24, 2.45) is 0 Å². The van der Waals surface area contributed by atoms with Gasteiger partial charge in [0, 0.05) is 16.0 Å². The van der Waals surface area contributed by atoms with E-state index in [2.05, 4.69) is 4.98 Å². The van der Waals surface area contributed by atoms with Crippen molar-refractivity contribution in [3.63, 3.8) is 0 Å². The number of nitrogens with zero attached hydrogens (tertiary/aromatic N) is 1. The van der Waals surface area contributed by atoms with Gasteiger partial charge in [-0.05, 0) is 48.5 Å². The molecule has 0 saturated carbocycles. The van der Waals surface area contributed by atoms with E-state index in [9.17, 15) is 9.18 Å². The second kappa shape index (κ2) is 8.09. The Morgan fingerprint density at radius 2 is 1.84 bits per heavy atom. The van der Waals surface area contributed by atoms with Gasteiger partial charge in [-0.1, -0.05) is 11.6 Å². The van der Waals surface area contributed by atoms with Gasteiger partial charge in [0.1, 0.15) is 23.2 Å². The molecule has 0 bridgehead atoms. The van der Waals surface area contributed by atoms with E-state index in [0.29, 0.717) is 16.5 Å². The standard InChI is InChI=1S/C18H13ClFNO3S/c19-13-3-7-16(8-4-13)23-10-17(22)24-9-15-11-25-18(21-15)12-1-5-14(20)6-2-12/h1-8,11H,9-10H2. The maximum atomic E-state index is 12.9. The predicted octanol–water partition coefficient (Wildman–Crippen LogP) is 4.72. The summed E-state index contributed by atoms with van der Waals surface area (Å²) < 4.78 is 23.4. The average Bonchev–Trinajstić information content (AvgIpc) is 3.09. The number of carbonyl (C=O) groups excluding carboxylic acids is 1. The van der Waals surface area contributed by atoms with E-state index in [1.807, 2.05) is 0 Å². The number of esters is 1. The van der Waals surface area contributed by atoms with Gasteiger partial charge in [0.15, 0.2) is 6.61 Å². The molecule has 128 valence electrons. The highest BCUT2D eigenvalue weighted by Crippen LogP contribution is 2.24. The van der Waals surface area contributed by atoms with Gasteiger partial charge < -0.3 is 9.47 Å². The maximum Gasteiger partial charge on any atom is 0.344 e. The molecular weight excluding hydrogens is 365 g/mol. The van der Waals surface area contributed by atoms with Gasteiger partial charge >= 0.3 is 5.97 Å². The third-order valence-electron chi connectivity index (χ3n) is 3.19. The van der Waals surface area contributed by atoms with Gasteiger partial charge in [0.25, 0.3) is 0 Å². The first-order valence-electron chi connectivity index (χ1n) is 7.34. The number of benzene rings is 2. The molecule has 0 aliphatic heterocycles. The van der Waals surface area contributed by atoms with Crippen LogP contribution >= 0.6 is 22.9 Å². The van der Waals surface area contributed by atoms with Gasteiger partial charge in [-0.2, -0.15) is 0 Å². The molecule has 0 fully saturated rings. The third-order valence-corrected chi connectivity index (χ3v) is 4.39. The van der Waals surface area contributed by atoms with E-state index >= 15 is 0 Å². The molecule has 3 aromatic rings. The summed E-state index contributed by atoms with van der Waals surface area (Å²) in [6.45, 7) is -0.142. The van der Waals surface area contributed by atoms with E-state index < -0.39 is 5.97 Å². The Hall–Kier alpha value is -2.44. The van der Waals surface area contributed by atoms with Crippen LogP contribution < -0.4 is 4.74 Å². The molecule has 2 aromatic carbocycles. The lowest BCUT2D eigenvalue weighted by molar-refractivity contribution is -0.147. The number of carbonyl (C=O) groups is 1. The molecule has 0 aliphatic carbocycles. The third kappa shape index (κ3) is 5.01. The first-order valence-corrected chi connectivity index (χ1v) is 8.60. The van der Waals surface area contributed by atoms with Crippen molar-refractivity contribution < 1.29 is 18.7 Å². The zero-order valence-corrected chi connectivity index (χ0v) is 14.5. The van der Waals surface area contributed by atoms with Crippen LogP contribution in [-0.4, -0.2) is 17.6 Å². The molecule has 0 N–H and O–H groups in total. The van der Waals surface area contributed by atoms with Gasteiger partial charge in [0.05, 0.1) is 5.69 Å². The van der Waals surface area contributed by atoms with Gasteiger partial charge in [0.2, 0.25) is 0 Å². The summed E-state index contributed by atoms with van der Waals surface area (Å²) in [5.41, 5.74) is 1.44. The highest BCUT2D eigenvalue weighted by molar-refractivity contribution is 7.13. The molecule has 0 spiro atoms. The second-order valence-corrected chi connectivity index (χ2v) is 6.35. The van der Waals surface area contributed by atoms with Crippen molar-refractivity contribution in [2.75, 3.05) is 6.61 Å². The zero-order chi connectivity index (χ0) is 17.6. The van der Waals surface area contributed by atoms with Crippen molar-refractivity contribution in [1.29, 1.82) is 0 Å². The SMILES string of the molecule is O=C(COc1ccc(Cl)cc1)OCc1csc(-c2ccc(F)cc2)n1. The summed E-state index contributed by atoms with van der Waals surface area (Å²) in [5.74, 6) is -0.255. The van der Waals surface area contributed by atoms with E-state index in [-0.39, 0.29) is 19.0 Å². The first-order chi connectivity index (χ1) is 12.1. The quantitative estimate of drug-likeness (QED) is 0.583. The fourth-order valence-corrected chi connectivity index (χ4v) is 2.90. The molecular formula is C18H13ClFNO3S. The summed E-state index contributed by atoms with van der Waals surface area (Å²) in [6, 6.07) is 12.8. The van der Waals surface area contributed by atoms with Gasteiger partial charge in [-0.3, -0.25) is 0 Å². The molecule has 0 amide bonds. The largest absolute Gasteiger partial charge is 0.482 e. The lowest BCUT2D eigenvalue weighted by Crippen LogP contribution is -2.14. The Morgan fingerprint density at radius 3 is 2.56 bits per heavy atom. The molecule has 4 nitrogen and oxygen atoms in total. The van der Waals surface area contributed by atoms with E-state index in [1.54, 1.807) is 41.8 Å². The zero-order valence-electron chi connectivity index (χ0n) is 12.9. The Balaban J connectivity index is 1.49. The van der Waals surface area contributed by atoms with Crippen LogP contribution in [0.15, 0.2) is 53.9 Å². The summed E-state index contributed by atoms with van der Waals surface area (Å²) in [7, 11) is 0. The molecule has 7 heteroatoms. The number of halogens is 2. The van der Waals surface area contributed by atoms with Crippen molar-refractivity contribution in [1.82, 2.24) is 4.98 Å². The molecule has 0 atom stereocenters. The van der Waals surface area contributed by atoms with Crippen LogP contribution in [0.4, 0.5) is 4.39 Å². The maximum absolute atomic E-state index is 12.9. The molecule has 0 unspecified atom stereocenters. The Kier molecular flexibility index (Phi) is 5.63. The van der Waals surface area contributed by atoms with Crippen molar-refractivity contribution in [2.45, 2.75) is 6.61 Å². The molecule has 1 aromatic heterocycles. The fourth-order valence-electron chi connectivity index (χ4n) is 1.97. The van der Waals surface area contributed by atoms with Gasteiger partial charge in [-0.25, -0.2) is 14.2 Å². The predicted molar refractivity (Wildman–Crippen MR) is 94.3 cm³/mol. The van der Waals surface area contributed by atoms with Crippen LogP contribution in [0, 0.1) is 5.82 Å². The van der Waals surface area contributed by atoms with Crippen LogP contribution in [0.3, 0.4) is 0 Å². The van der Waals surface area contributed by atoms with Crippen LogP contribution in [0.5, 0.6) is 5.75 Å². The fraction of sp³-hybridized carbons (Fsp3) is 0.111. The number of aromatic nitrogens is 1. The Bertz CT molecular complexity index is 850. The van der Waals surface area contributed by atoms with E-state index in [1.165, 1.54) is 23.5 Å². The van der Waals surface area contributed by atoms with E-state index in [4.69, 9.17) is 21.1 Å². The first kappa shape index (κ1) is 17.4. The van der Waals surface area contributed by atoms with Crippen LogP contribution in [0.2, 0.25) is 5.02 Å². The average molecular weight is 378 g/mol. The number of ether oxygens (including phenoxy) is 2. The molecule has 3 rings (SSSR count). The number of rotatable bonds is 6. The molecule has 25 heavy (non-hydrogen) atoms. The van der Waals surface area contributed by atoms with Crippen LogP contribution in [-0.2, 0) is 16.1 Å². The van der Waals surface area contributed by atoms with Crippen molar-refractivity contribution in [3.05, 3.63) is 70.4 Å². The molecule has 0 saturated heterocycles. The Labute approximate surface area is 152 Å². The van der Waals surface area contributed by atoms with Crippen molar-refractivity contribution in [3.8, 4) is 16.3 Å². The Morgan fingerprint density at radius 1 is 1.12 bits per heavy atom.